The van der Waals surface area contributed by atoms with Crippen LogP contribution in [0, 0.1) is 10.1 Å². The first-order valence-electron chi connectivity index (χ1n) is 9.24. The second kappa shape index (κ2) is 9.03. The van der Waals surface area contributed by atoms with Crippen LogP contribution in [0.15, 0.2) is 48.5 Å². The summed E-state index contributed by atoms with van der Waals surface area (Å²) in [5, 5.41) is 14.5. The number of benzene rings is 2. The number of hydrogen-bond donors (Lipinski definition) is 2. The maximum Gasteiger partial charge on any atom is 0.338 e. The number of hydrogen-bond acceptors (Lipinski definition) is 7. The van der Waals surface area contributed by atoms with Crippen LogP contribution >= 0.6 is 0 Å². The van der Waals surface area contributed by atoms with Gasteiger partial charge in [-0.25, -0.2) is 9.80 Å². The minimum Gasteiger partial charge on any atom is -0.449 e. The molecule has 11 nitrogen and oxygen atoms in total. The molecular weight excluding hydrogens is 408 g/mol. The molecular formula is C20H18N4O7. The molecule has 1 aliphatic rings. The van der Waals surface area contributed by atoms with Gasteiger partial charge in [0, 0.05) is 18.9 Å². The summed E-state index contributed by atoms with van der Waals surface area (Å²) in [5.41, 5.74) is 2.63. The standard InChI is InChI=1S/C20H18N4O7/c1-12(19(27)21-15-4-2-3-5-16(15)24(29)30)31-20(28)13-6-8-14(9-7-13)23-18(26)11-10-17(25)22-23/h2-9,12H,10-11H2,1H3,(H,21,27)(H,22,25). The Morgan fingerprint density at radius 3 is 2.48 bits per heavy atom. The number of nitro benzene ring substituents is 1. The molecule has 2 N–H and O–H groups in total. The van der Waals surface area contributed by atoms with Crippen LogP contribution in [0.3, 0.4) is 0 Å². The lowest BCUT2D eigenvalue weighted by atomic mass is 10.1. The van der Waals surface area contributed by atoms with Crippen LogP contribution in [0.4, 0.5) is 17.1 Å². The molecule has 0 radical (unpaired) electrons. The lowest BCUT2D eigenvalue weighted by molar-refractivity contribution is -0.383. The molecule has 3 amide bonds. The van der Waals surface area contributed by atoms with Gasteiger partial charge in [0.2, 0.25) is 11.8 Å². The van der Waals surface area contributed by atoms with Gasteiger partial charge in [0.1, 0.15) is 5.69 Å². The quantitative estimate of drug-likeness (QED) is 0.407. The van der Waals surface area contributed by atoms with Gasteiger partial charge in [0.05, 0.1) is 16.2 Å². The molecule has 11 heteroatoms. The summed E-state index contributed by atoms with van der Waals surface area (Å²) in [5.74, 6) is -2.11. The summed E-state index contributed by atoms with van der Waals surface area (Å²) in [6.07, 6.45) is -1.02. The van der Waals surface area contributed by atoms with E-state index in [0.29, 0.717) is 5.69 Å². The van der Waals surface area contributed by atoms with E-state index in [1.54, 1.807) is 0 Å². The normalized spacial score (nSPS) is 14.4. The van der Waals surface area contributed by atoms with Crippen molar-refractivity contribution in [3.8, 4) is 0 Å². The number of nitrogens with one attached hydrogen (secondary N) is 2. The molecule has 1 atom stereocenters. The van der Waals surface area contributed by atoms with Crippen LogP contribution in [-0.2, 0) is 19.1 Å². The number of nitrogens with zero attached hydrogens (tertiary/aromatic N) is 2. The molecule has 0 bridgehead atoms. The molecule has 1 saturated heterocycles. The van der Waals surface area contributed by atoms with Gasteiger partial charge in [-0.2, -0.15) is 0 Å². The molecule has 2 aromatic carbocycles. The van der Waals surface area contributed by atoms with Gasteiger partial charge in [-0.3, -0.25) is 29.9 Å². The van der Waals surface area contributed by atoms with Crippen LogP contribution in [0.1, 0.15) is 30.1 Å². The van der Waals surface area contributed by atoms with E-state index in [0.717, 1.165) is 5.01 Å². The van der Waals surface area contributed by atoms with E-state index in [9.17, 15) is 29.3 Å². The zero-order chi connectivity index (χ0) is 22.5. The topological polar surface area (TPSA) is 148 Å². The number of hydrazine groups is 1. The van der Waals surface area contributed by atoms with Crippen molar-refractivity contribution in [1.29, 1.82) is 0 Å². The lowest BCUT2D eigenvalue weighted by Gasteiger charge is -2.27. The minimum atomic E-state index is -1.23. The van der Waals surface area contributed by atoms with Crippen molar-refractivity contribution in [3.63, 3.8) is 0 Å². The molecule has 0 aromatic heterocycles. The highest BCUT2D eigenvalue weighted by Gasteiger charge is 2.25. The van der Waals surface area contributed by atoms with Gasteiger partial charge in [-0.1, -0.05) is 12.1 Å². The Hall–Kier alpha value is -4.28. The van der Waals surface area contributed by atoms with Crippen LogP contribution < -0.4 is 15.8 Å². The Bertz CT molecular complexity index is 1050. The molecule has 1 heterocycles. The van der Waals surface area contributed by atoms with Crippen molar-refractivity contribution in [3.05, 3.63) is 64.2 Å². The van der Waals surface area contributed by atoms with Gasteiger partial charge >= 0.3 is 5.97 Å². The SMILES string of the molecule is CC(OC(=O)c1ccc(N2NC(=O)CCC2=O)cc1)C(=O)Nc1ccccc1[N+](=O)[O-]. The minimum absolute atomic E-state index is 0.0157. The highest BCUT2D eigenvalue weighted by molar-refractivity contribution is 6.02. The molecule has 3 rings (SSSR count). The largest absolute Gasteiger partial charge is 0.449 e. The first-order chi connectivity index (χ1) is 14.8. The summed E-state index contributed by atoms with van der Waals surface area (Å²) < 4.78 is 5.12. The Kier molecular flexibility index (Phi) is 6.24. The third-order valence-corrected chi connectivity index (χ3v) is 4.42. The third kappa shape index (κ3) is 5.01. The van der Waals surface area contributed by atoms with Gasteiger partial charge < -0.3 is 10.1 Å². The van der Waals surface area contributed by atoms with Crippen LogP contribution in [0.2, 0.25) is 0 Å². The average Bonchev–Trinajstić information content (AvgIpc) is 2.75. The predicted molar refractivity (Wildman–Crippen MR) is 108 cm³/mol. The third-order valence-electron chi connectivity index (χ3n) is 4.42. The number of rotatable bonds is 6. The molecule has 160 valence electrons. The Morgan fingerprint density at radius 1 is 1.13 bits per heavy atom. The number of ether oxygens (including phenoxy) is 1. The van der Waals surface area contributed by atoms with Crippen molar-refractivity contribution >= 4 is 40.8 Å². The van der Waals surface area contributed by atoms with Gasteiger partial charge in [-0.15, -0.1) is 0 Å². The maximum atomic E-state index is 12.3. The summed E-state index contributed by atoms with van der Waals surface area (Å²) >= 11 is 0. The Morgan fingerprint density at radius 2 is 1.81 bits per heavy atom. The van der Waals surface area contributed by atoms with E-state index in [1.807, 2.05) is 0 Å². The molecule has 2 aromatic rings. The van der Waals surface area contributed by atoms with E-state index in [4.69, 9.17) is 4.74 Å². The number of anilines is 2. The number of esters is 1. The van der Waals surface area contributed by atoms with E-state index in [-0.39, 0.29) is 41.6 Å². The fraction of sp³-hybridized carbons (Fsp3) is 0.200. The molecule has 1 fully saturated rings. The summed E-state index contributed by atoms with van der Waals surface area (Å²) in [6.45, 7) is 1.33. The maximum absolute atomic E-state index is 12.3. The van der Waals surface area contributed by atoms with Crippen molar-refractivity contribution in [2.24, 2.45) is 0 Å². The van der Waals surface area contributed by atoms with E-state index in [2.05, 4.69) is 10.7 Å². The number of nitro groups is 1. The average molecular weight is 426 g/mol. The molecule has 1 unspecified atom stereocenters. The van der Waals surface area contributed by atoms with Crippen molar-refractivity contribution in [2.45, 2.75) is 25.9 Å². The van der Waals surface area contributed by atoms with Crippen LogP contribution in [-0.4, -0.2) is 34.7 Å². The number of carbonyl (C=O) groups is 4. The highest BCUT2D eigenvalue weighted by atomic mass is 16.6. The highest BCUT2D eigenvalue weighted by Crippen LogP contribution is 2.23. The zero-order valence-corrected chi connectivity index (χ0v) is 16.4. The summed E-state index contributed by atoms with van der Waals surface area (Å²) in [6, 6.07) is 11.3. The van der Waals surface area contributed by atoms with Crippen LogP contribution in [0.25, 0.3) is 0 Å². The summed E-state index contributed by atoms with van der Waals surface area (Å²) in [7, 11) is 0. The fourth-order valence-electron chi connectivity index (χ4n) is 2.79. The van der Waals surface area contributed by atoms with E-state index >= 15 is 0 Å². The van der Waals surface area contributed by atoms with Gasteiger partial charge in [0.25, 0.3) is 11.6 Å². The second-order valence-electron chi connectivity index (χ2n) is 6.62. The van der Waals surface area contributed by atoms with Crippen LogP contribution in [0.5, 0.6) is 0 Å². The Balaban J connectivity index is 1.63. The monoisotopic (exact) mass is 426 g/mol. The first-order valence-corrected chi connectivity index (χ1v) is 9.24. The zero-order valence-electron chi connectivity index (χ0n) is 16.4. The second-order valence-corrected chi connectivity index (χ2v) is 6.62. The smallest absolute Gasteiger partial charge is 0.338 e. The Labute approximate surface area is 176 Å². The van der Waals surface area contributed by atoms with Crippen molar-refractivity contribution < 1.29 is 28.8 Å². The summed E-state index contributed by atoms with van der Waals surface area (Å²) in [4.78, 5) is 58.4. The lowest BCUT2D eigenvalue weighted by Crippen LogP contribution is -2.50. The van der Waals surface area contributed by atoms with Gasteiger partial charge in [0.15, 0.2) is 6.10 Å². The van der Waals surface area contributed by atoms with Crippen molar-refractivity contribution in [1.82, 2.24) is 5.43 Å². The van der Waals surface area contributed by atoms with E-state index in [1.165, 1.54) is 55.5 Å². The molecule has 31 heavy (non-hydrogen) atoms. The number of amides is 3. The molecule has 1 aliphatic heterocycles. The first kappa shape index (κ1) is 21.4. The number of carbonyl (C=O) groups excluding carboxylic acids is 4. The number of para-hydroxylation sites is 2. The molecule has 0 spiro atoms. The van der Waals surface area contributed by atoms with Gasteiger partial charge in [-0.05, 0) is 37.3 Å². The fourth-order valence-corrected chi connectivity index (χ4v) is 2.79. The van der Waals surface area contributed by atoms with Crippen molar-refractivity contribution in [2.75, 3.05) is 10.3 Å². The predicted octanol–water partition coefficient (Wildman–Crippen LogP) is 1.94. The van der Waals surface area contributed by atoms with E-state index < -0.39 is 22.9 Å². The molecule has 0 saturated carbocycles. The molecule has 0 aliphatic carbocycles.